The number of nitro groups is 2. The molecule has 138 valence electrons. The summed E-state index contributed by atoms with van der Waals surface area (Å²) >= 11 is 0. The van der Waals surface area contributed by atoms with Crippen LogP contribution in [0.1, 0.15) is 0 Å². The molecule has 3 aromatic rings. The highest BCUT2D eigenvalue weighted by Gasteiger charge is 2.35. The van der Waals surface area contributed by atoms with Crippen LogP contribution in [0.2, 0.25) is 0 Å². The Morgan fingerprint density at radius 3 is 1.30 bits per heavy atom. The third kappa shape index (κ3) is 3.16. The minimum atomic E-state index is -1.04. The Balaban J connectivity index is 1.98. The molecule has 0 aliphatic carbocycles. The lowest BCUT2D eigenvalue weighted by molar-refractivity contribution is -0.476. The van der Waals surface area contributed by atoms with Crippen molar-refractivity contribution < 1.29 is 33.5 Å². The molecule has 0 fully saturated rings. The molecule has 0 radical (unpaired) electrons. The van der Waals surface area contributed by atoms with Crippen molar-refractivity contribution in [1.29, 1.82) is 0 Å². The summed E-state index contributed by atoms with van der Waals surface area (Å²) in [6, 6.07) is 0. The first-order valence-electron chi connectivity index (χ1n) is 6.02. The fourth-order valence-electron chi connectivity index (χ4n) is 1.40. The molecule has 21 heteroatoms. The molecule has 0 atom stereocenters. The van der Waals surface area contributed by atoms with E-state index in [9.17, 15) is 30.6 Å². The molecule has 3 rings (SSSR count). The molecule has 0 spiro atoms. The topological polar surface area (TPSA) is 280 Å². The molecule has 3 heterocycles. The van der Waals surface area contributed by atoms with Gasteiger partial charge in [0.25, 0.3) is 0 Å². The summed E-state index contributed by atoms with van der Waals surface area (Å²) in [5, 5.41) is 69.4. The monoisotopic (exact) mass is 384 g/mol. The van der Waals surface area contributed by atoms with Crippen molar-refractivity contribution in [3.05, 3.63) is 30.6 Å². The summed E-state index contributed by atoms with van der Waals surface area (Å²) in [5.74, 6) is -5.58. The zero-order valence-electron chi connectivity index (χ0n) is 12.0. The smallest absolute Gasteiger partial charge is 0.499 e. The van der Waals surface area contributed by atoms with Gasteiger partial charge in [-0.15, -0.1) is 19.0 Å². The molecule has 27 heavy (non-hydrogen) atoms. The van der Waals surface area contributed by atoms with E-state index in [1.807, 2.05) is 0 Å². The van der Waals surface area contributed by atoms with Crippen LogP contribution in [0, 0.1) is 30.6 Å². The molecule has 0 aromatic carbocycles. The van der Waals surface area contributed by atoms with Crippen molar-refractivity contribution in [2.75, 3.05) is 0 Å². The maximum atomic E-state index is 11.9. The molecule has 0 unspecified atom stereocenters. The first-order valence-corrected chi connectivity index (χ1v) is 6.02. The zero-order chi connectivity index (χ0) is 19.6. The minimum absolute atomic E-state index is 0.436. The Kier molecular flexibility index (Phi) is 4.06. The van der Waals surface area contributed by atoms with Crippen LogP contribution >= 0.6 is 0 Å². The van der Waals surface area contributed by atoms with E-state index in [1.54, 1.807) is 0 Å². The highest BCUT2D eigenvalue weighted by molar-refractivity contribution is 5.43. The van der Waals surface area contributed by atoms with Gasteiger partial charge in [0.15, 0.2) is 10.3 Å². The van der Waals surface area contributed by atoms with Gasteiger partial charge in [-0.05, 0) is 24.7 Å². The van der Waals surface area contributed by atoms with Crippen molar-refractivity contribution in [3.8, 4) is 0 Å². The molecule has 0 bridgehead atoms. The van der Waals surface area contributed by atoms with Crippen molar-refractivity contribution >= 4 is 34.9 Å². The summed E-state index contributed by atoms with van der Waals surface area (Å²) in [7, 11) is 0. The number of hydrogen-bond acceptors (Lipinski definition) is 17. The molecule has 0 aliphatic rings. The zero-order valence-corrected chi connectivity index (χ0v) is 12.0. The van der Waals surface area contributed by atoms with Gasteiger partial charge in [-0.25, -0.2) is 0 Å². The van der Waals surface area contributed by atoms with Crippen LogP contribution in [0.5, 0.6) is 0 Å². The van der Waals surface area contributed by atoms with Gasteiger partial charge in [-0.2, -0.15) is 0 Å². The average molecular weight is 384 g/mol. The second-order valence-corrected chi connectivity index (χ2v) is 3.99. The lowest BCUT2D eigenvalue weighted by Gasteiger charge is -2.00. The first kappa shape index (κ1) is 16.9. The Bertz CT molecular complexity index is 992. The van der Waals surface area contributed by atoms with Gasteiger partial charge in [-0.1, -0.05) is 0 Å². The van der Waals surface area contributed by atoms with Gasteiger partial charge < -0.3 is 30.6 Å². The molecule has 21 nitrogen and oxygen atoms in total. The number of azo groups is 2. The van der Waals surface area contributed by atoms with Crippen molar-refractivity contribution in [2.45, 2.75) is 0 Å². The lowest BCUT2D eigenvalue weighted by Crippen LogP contribution is -1.99. The van der Waals surface area contributed by atoms with E-state index < -0.39 is 54.5 Å². The molecule has 0 aliphatic heterocycles. The van der Waals surface area contributed by atoms with Crippen LogP contribution in [0.4, 0.5) is 34.9 Å². The van der Waals surface area contributed by atoms with E-state index in [4.69, 9.17) is 0 Å². The molecule has 0 N–H and O–H groups in total. The first-order chi connectivity index (χ1) is 12.9. The van der Waals surface area contributed by atoms with Gasteiger partial charge in [0.05, 0.1) is 0 Å². The maximum Gasteiger partial charge on any atom is 0.499 e. The maximum absolute atomic E-state index is 11.9. The normalized spacial score (nSPS) is 12.3. The van der Waals surface area contributed by atoms with Gasteiger partial charge >= 0.3 is 34.9 Å². The SMILES string of the molecule is O=[N+]([O-])c1nonc1N=[N+]([O-])c1nonc1[N+]([O-])=Nc1nonc1[N+](=O)[O-]. The highest BCUT2D eigenvalue weighted by Crippen LogP contribution is 2.29. The van der Waals surface area contributed by atoms with Gasteiger partial charge in [0, 0.05) is 10.3 Å². The van der Waals surface area contributed by atoms with Gasteiger partial charge in [-0.3, -0.25) is 0 Å². The fourth-order valence-corrected chi connectivity index (χ4v) is 1.40. The largest absolute Gasteiger partial charge is 0.690 e. The number of rotatable bonds is 6. The van der Waals surface area contributed by atoms with Crippen LogP contribution < -0.4 is 0 Å². The van der Waals surface area contributed by atoms with Gasteiger partial charge in [0.1, 0.15) is 0 Å². The standard InChI is InChI=1S/C6N12O9/c19-15(7-1-3(17(21)22)11-25-9-1)5-6(14-27-13-5)16(20)8-2-4(18(23)24)12-26-10-2. The van der Waals surface area contributed by atoms with Crippen LogP contribution in [-0.4, -0.2) is 50.5 Å². The summed E-state index contributed by atoms with van der Waals surface area (Å²) < 4.78 is 12.3. The van der Waals surface area contributed by atoms with Crippen molar-refractivity contribution in [2.24, 2.45) is 10.2 Å². The summed E-state index contributed by atoms with van der Waals surface area (Å²) in [6.07, 6.45) is 0. The Labute approximate surface area is 141 Å². The van der Waals surface area contributed by atoms with Crippen LogP contribution in [-0.2, 0) is 0 Å². The average Bonchev–Trinajstić information content (AvgIpc) is 3.34. The molecule has 0 saturated carbocycles. The van der Waals surface area contributed by atoms with Crippen LogP contribution in [0.25, 0.3) is 0 Å². The summed E-state index contributed by atoms with van der Waals surface area (Å²) in [4.78, 5) is 18.4. The van der Waals surface area contributed by atoms with E-state index >= 15 is 0 Å². The van der Waals surface area contributed by atoms with E-state index in [0.29, 0.717) is 0 Å². The lowest BCUT2D eigenvalue weighted by atomic mass is 10.6. The number of aromatic nitrogens is 6. The van der Waals surface area contributed by atoms with E-state index in [2.05, 4.69) is 55.1 Å². The van der Waals surface area contributed by atoms with E-state index in [0.717, 1.165) is 0 Å². The molecular weight excluding hydrogens is 384 g/mol. The van der Waals surface area contributed by atoms with E-state index in [-0.39, 0.29) is 0 Å². The summed E-state index contributed by atoms with van der Waals surface area (Å²) in [5.41, 5.74) is 0. The van der Waals surface area contributed by atoms with Crippen molar-refractivity contribution in [1.82, 2.24) is 30.9 Å². The highest BCUT2D eigenvalue weighted by atomic mass is 16.7. The minimum Gasteiger partial charge on any atom is -0.690 e. The predicted molar refractivity (Wildman–Crippen MR) is 67.0 cm³/mol. The van der Waals surface area contributed by atoms with E-state index in [1.165, 1.54) is 0 Å². The second-order valence-electron chi connectivity index (χ2n) is 3.99. The Hall–Kier alpha value is -4.98. The molecule has 0 saturated heterocycles. The van der Waals surface area contributed by atoms with Crippen LogP contribution in [0.3, 0.4) is 0 Å². The van der Waals surface area contributed by atoms with Gasteiger partial charge in [0.2, 0.25) is 10.3 Å². The number of nitrogens with zero attached hydrogens (tertiary/aromatic N) is 12. The Morgan fingerprint density at radius 1 is 0.593 bits per heavy atom. The summed E-state index contributed by atoms with van der Waals surface area (Å²) in [6.45, 7) is 0. The number of hydrogen-bond donors (Lipinski definition) is 0. The van der Waals surface area contributed by atoms with Crippen LogP contribution in [0.15, 0.2) is 24.1 Å². The second kappa shape index (κ2) is 6.49. The molecule has 3 aromatic heterocycles. The predicted octanol–water partition coefficient (Wildman–Crippen LogP) is 0.503. The molecular formula is C6N12O9. The fraction of sp³-hybridized carbons (Fsp3) is 0. The van der Waals surface area contributed by atoms with Crippen molar-refractivity contribution in [3.63, 3.8) is 0 Å². The Morgan fingerprint density at radius 2 is 0.926 bits per heavy atom. The third-order valence-electron chi connectivity index (χ3n) is 2.44. The third-order valence-corrected chi connectivity index (χ3v) is 2.44. The molecule has 0 amide bonds. The quantitative estimate of drug-likeness (QED) is 0.242.